The van der Waals surface area contributed by atoms with Gasteiger partial charge in [-0.2, -0.15) is 0 Å². The molecule has 0 unspecified atom stereocenters. The molecule has 0 aromatic heterocycles. The second kappa shape index (κ2) is 4.35. The highest BCUT2D eigenvalue weighted by molar-refractivity contribution is 14.1. The molecule has 70 valence electrons. The highest BCUT2D eigenvalue weighted by Gasteiger charge is 2.32. The predicted molar refractivity (Wildman–Crippen MR) is 46.2 cm³/mol. The molecule has 1 heterocycles. The summed E-state index contributed by atoms with van der Waals surface area (Å²) in [5, 5.41) is 17.5. The summed E-state index contributed by atoms with van der Waals surface area (Å²) in [4.78, 5) is 10.8. The fraction of sp³-hybridized carbons (Fsp3) is 0.833. The van der Waals surface area contributed by atoms with Crippen LogP contribution in [0.3, 0.4) is 0 Å². The summed E-state index contributed by atoms with van der Waals surface area (Å²) in [5.74, 6) is -0.457. The van der Waals surface area contributed by atoms with E-state index in [4.69, 9.17) is 13.3 Å². The van der Waals surface area contributed by atoms with Crippen LogP contribution in [0.5, 0.6) is 0 Å². The number of carbonyl (C=O) groups excluding carboxylic acids is 1. The molecule has 1 aliphatic heterocycles. The van der Waals surface area contributed by atoms with Crippen molar-refractivity contribution < 1.29 is 22.8 Å². The number of aliphatic hydroxyl groups excluding tert-OH is 1. The van der Waals surface area contributed by atoms with Gasteiger partial charge in [-0.05, 0) is 0 Å². The van der Waals surface area contributed by atoms with E-state index in [1.165, 1.54) is 0 Å². The Labute approximate surface area is 83.3 Å². The van der Waals surface area contributed by atoms with Crippen LogP contribution in [0, 0.1) is 0 Å². The first kappa shape index (κ1) is 10.2. The zero-order valence-corrected chi connectivity index (χ0v) is 8.30. The number of cyclic esters (lactones) is 1. The Morgan fingerprint density at radius 3 is 2.83 bits per heavy atom. The van der Waals surface area contributed by atoms with E-state index >= 15 is 0 Å². The zero-order valence-electron chi connectivity index (χ0n) is 6.14. The van der Waals surface area contributed by atoms with Crippen molar-refractivity contribution in [3.63, 3.8) is 0 Å². The molecule has 5 nitrogen and oxygen atoms in total. The Morgan fingerprint density at radius 1 is 1.67 bits per heavy atom. The number of ether oxygens (including phenoxy) is 1. The summed E-state index contributed by atoms with van der Waals surface area (Å²) in [6.45, 7) is 0. The van der Waals surface area contributed by atoms with Crippen LogP contribution in [0.15, 0.2) is 0 Å². The summed E-state index contributed by atoms with van der Waals surface area (Å²) >= 11 is 1.68. The van der Waals surface area contributed by atoms with Gasteiger partial charge in [0.15, 0.2) is 12.4 Å². The molecule has 0 spiro atoms. The SMILES string of the molecule is O=C1C[C@H](OI)C[C@@H](C(O)O)O1. The van der Waals surface area contributed by atoms with Gasteiger partial charge in [0.05, 0.1) is 12.5 Å². The third kappa shape index (κ3) is 2.54. The van der Waals surface area contributed by atoms with Crippen molar-refractivity contribution in [3.05, 3.63) is 0 Å². The molecular formula is C6H9IO5. The lowest BCUT2D eigenvalue weighted by molar-refractivity contribution is -0.189. The minimum atomic E-state index is -1.62. The topological polar surface area (TPSA) is 76.0 Å². The van der Waals surface area contributed by atoms with E-state index in [0.29, 0.717) is 6.42 Å². The maximum absolute atomic E-state index is 10.8. The molecule has 0 aliphatic carbocycles. The van der Waals surface area contributed by atoms with E-state index < -0.39 is 18.4 Å². The van der Waals surface area contributed by atoms with Gasteiger partial charge in [-0.1, -0.05) is 0 Å². The lowest BCUT2D eigenvalue weighted by atomic mass is 10.1. The van der Waals surface area contributed by atoms with Crippen LogP contribution < -0.4 is 0 Å². The monoisotopic (exact) mass is 288 g/mol. The molecule has 0 aromatic rings. The number of hydrogen-bond donors (Lipinski definition) is 2. The lowest BCUT2D eigenvalue weighted by Gasteiger charge is -2.27. The molecule has 6 heteroatoms. The smallest absolute Gasteiger partial charge is 0.308 e. The van der Waals surface area contributed by atoms with Gasteiger partial charge >= 0.3 is 5.97 Å². The molecule has 0 bridgehead atoms. The van der Waals surface area contributed by atoms with Gasteiger partial charge in [-0.25, -0.2) is 0 Å². The van der Waals surface area contributed by atoms with Crippen LogP contribution in [-0.2, 0) is 12.6 Å². The summed E-state index contributed by atoms with van der Waals surface area (Å²) in [6, 6.07) is 0. The number of rotatable bonds is 2. The number of esters is 1. The van der Waals surface area contributed by atoms with Crippen LogP contribution in [0.2, 0.25) is 0 Å². The highest BCUT2D eigenvalue weighted by atomic mass is 127. The van der Waals surface area contributed by atoms with Crippen LogP contribution in [0.4, 0.5) is 0 Å². The number of hydrogen-bond acceptors (Lipinski definition) is 5. The average Bonchev–Trinajstić information content (AvgIpc) is 2.03. The fourth-order valence-corrected chi connectivity index (χ4v) is 1.43. The molecule has 0 radical (unpaired) electrons. The molecule has 0 amide bonds. The maximum Gasteiger partial charge on any atom is 0.308 e. The largest absolute Gasteiger partial charge is 0.457 e. The lowest BCUT2D eigenvalue weighted by Crippen LogP contribution is -2.40. The minimum Gasteiger partial charge on any atom is -0.457 e. The molecule has 2 N–H and O–H groups in total. The molecule has 0 aromatic carbocycles. The first-order valence-electron chi connectivity index (χ1n) is 3.46. The number of aliphatic hydroxyl groups is 2. The molecule has 1 saturated heterocycles. The van der Waals surface area contributed by atoms with Crippen molar-refractivity contribution in [2.75, 3.05) is 0 Å². The fourth-order valence-electron chi connectivity index (χ4n) is 1.04. The van der Waals surface area contributed by atoms with Crippen molar-refractivity contribution >= 4 is 29.0 Å². The first-order valence-corrected chi connectivity index (χ1v) is 4.34. The van der Waals surface area contributed by atoms with Crippen LogP contribution >= 0.6 is 23.0 Å². The average molecular weight is 288 g/mol. The van der Waals surface area contributed by atoms with E-state index in [0.717, 1.165) is 0 Å². The van der Waals surface area contributed by atoms with Crippen molar-refractivity contribution in [1.29, 1.82) is 0 Å². The van der Waals surface area contributed by atoms with Crippen LogP contribution in [0.25, 0.3) is 0 Å². The van der Waals surface area contributed by atoms with E-state index in [1.54, 1.807) is 23.0 Å². The number of carbonyl (C=O) groups is 1. The summed E-state index contributed by atoms with van der Waals surface area (Å²) in [7, 11) is 0. The van der Waals surface area contributed by atoms with E-state index in [-0.39, 0.29) is 12.5 Å². The van der Waals surface area contributed by atoms with E-state index in [1.807, 2.05) is 0 Å². The third-order valence-corrected chi connectivity index (χ3v) is 2.35. The molecule has 1 fully saturated rings. The molecule has 0 saturated carbocycles. The Kier molecular flexibility index (Phi) is 3.69. The molecule has 12 heavy (non-hydrogen) atoms. The van der Waals surface area contributed by atoms with Gasteiger partial charge in [0, 0.05) is 6.42 Å². The molecule has 1 rings (SSSR count). The van der Waals surface area contributed by atoms with Gasteiger partial charge in [-0.3, -0.25) is 4.79 Å². The van der Waals surface area contributed by atoms with E-state index in [9.17, 15) is 4.79 Å². The van der Waals surface area contributed by atoms with Crippen molar-refractivity contribution in [1.82, 2.24) is 0 Å². The van der Waals surface area contributed by atoms with Crippen LogP contribution in [0.1, 0.15) is 12.8 Å². The Balaban J connectivity index is 2.51. The van der Waals surface area contributed by atoms with Gasteiger partial charge in [0.2, 0.25) is 0 Å². The van der Waals surface area contributed by atoms with E-state index in [2.05, 4.69) is 4.74 Å². The summed E-state index contributed by atoms with van der Waals surface area (Å²) < 4.78 is 9.55. The second-order valence-corrected chi connectivity index (χ2v) is 3.10. The second-order valence-electron chi connectivity index (χ2n) is 2.59. The molecule has 2 atom stereocenters. The minimum absolute atomic E-state index is 0.173. The Bertz CT molecular complexity index is 171. The van der Waals surface area contributed by atoms with Gasteiger partial charge < -0.3 is 18.0 Å². The first-order chi connectivity index (χ1) is 5.63. The van der Waals surface area contributed by atoms with Crippen molar-refractivity contribution in [3.8, 4) is 0 Å². The van der Waals surface area contributed by atoms with Crippen molar-refractivity contribution in [2.24, 2.45) is 0 Å². The zero-order chi connectivity index (χ0) is 9.14. The van der Waals surface area contributed by atoms with Gasteiger partial charge in [-0.15, -0.1) is 0 Å². The van der Waals surface area contributed by atoms with Gasteiger partial charge in [0.25, 0.3) is 0 Å². The quantitative estimate of drug-likeness (QED) is 0.416. The Hall–Kier alpha value is 0.0800. The van der Waals surface area contributed by atoms with Crippen LogP contribution in [-0.4, -0.2) is 34.7 Å². The maximum atomic E-state index is 10.8. The predicted octanol–water partition coefficient (Wildman–Crippen LogP) is -0.262. The summed E-state index contributed by atoms with van der Waals surface area (Å²) in [5.41, 5.74) is 0. The normalized spacial score (nSPS) is 30.5. The standard InChI is InChI=1S/C6H9IO5/c7-12-3-1-4(6(9)10)11-5(8)2-3/h3-4,6,9-10H,1-2H2/t3-,4+/m1/s1. The number of halogens is 1. The highest BCUT2D eigenvalue weighted by Crippen LogP contribution is 2.21. The Morgan fingerprint density at radius 2 is 2.33 bits per heavy atom. The van der Waals surface area contributed by atoms with Crippen molar-refractivity contribution in [2.45, 2.75) is 31.3 Å². The molecule has 1 aliphatic rings. The summed E-state index contributed by atoms with van der Waals surface area (Å²) in [6.07, 6.45) is -2.26. The van der Waals surface area contributed by atoms with Gasteiger partial charge in [0.1, 0.15) is 23.0 Å². The molecular weight excluding hydrogens is 279 g/mol. The third-order valence-electron chi connectivity index (χ3n) is 1.63.